The topological polar surface area (TPSA) is 26.3 Å². The molecule has 0 spiro atoms. The lowest BCUT2D eigenvalue weighted by atomic mass is 10.0. The fraction of sp³-hybridized carbons (Fsp3) is 0.188. The van der Waals surface area contributed by atoms with E-state index in [1.165, 1.54) is 18.2 Å². The first-order chi connectivity index (χ1) is 9.08. The molecule has 0 fully saturated rings. The Balaban J connectivity index is 2.38. The molecule has 0 aliphatic rings. The summed E-state index contributed by atoms with van der Waals surface area (Å²) in [5, 5.41) is 0. The number of halogens is 1. The second kappa shape index (κ2) is 5.65. The van der Waals surface area contributed by atoms with Crippen LogP contribution in [-0.2, 0) is 4.74 Å². The van der Waals surface area contributed by atoms with Gasteiger partial charge in [-0.2, -0.15) is 0 Å². The van der Waals surface area contributed by atoms with Crippen molar-refractivity contribution in [2.24, 2.45) is 0 Å². The van der Waals surface area contributed by atoms with Gasteiger partial charge in [0.2, 0.25) is 0 Å². The van der Waals surface area contributed by atoms with Gasteiger partial charge in [0.1, 0.15) is 5.82 Å². The van der Waals surface area contributed by atoms with E-state index in [0.717, 1.165) is 5.56 Å². The Kier molecular flexibility index (Phi) is 3.95. The Morgan fingerprint density at radius 3 is 2.42 bits per heavy atom. The fourth-order valence-electron chi connectivity index (χ4n) is 1.77. The van der Waals surface area contributed by atoms with E-state index in [-0.39, 0.29) is 11.9 Å². The van der Waals surface area contributed by atoms with Crippen molar-refractivity contribution in [3.05, 3.63) is 59.9 Å². The van der Waals surface area contributed by atoms with Crippen molar-refractivity contribution < 1.29 is 13.9 Å². The van der Waals surface area contributed by atoms with E-state index in [0.29, 0.717) is 11.1 Å². The van der Waals surface area contributed by atoms with Gasteiger partial charge in [0.05, 0.1) is 11.7 Å². The van der Waals surface area contributed by atoms with E-state index in [2.05, 4.69) is 0 Å². The van der Waals surface area contributed by atoms with Crippen LogP contribution in [0.5, 0.6) is 0 Å². The third-order valence-electron chi connectivity index (χ3n) is 2.63. The summed E-state index contributed by atoms with van der Waals surface area (Å²) >= 11 is 0. The molecule has 0 amide bonds. The highest BCUT2D eigenvalue weighted by Gasteiger charge is 2.13. The Bertz CT molecular complexity index is 577. The standard InChI is InChI=1S/C16H15FO2/c1-11(2)19-16(18)13-8-9-15(17)14(10-13)12-6-4-3-5-7-12/h3-11H,1-2H3. The number of carbonyl (C=O) groups is 1. The summed E-state index contributed by atoms with van der Waals surface area (Å²) in [7, 11) is 0. The predicted molar refractivity (Wildman–Crippen MR) is 72.4 cm³/mol. The first-order valence-corrected chi connectivity index (χ1v) is 6.14. The predicted octanol–water partition coefficient (Wildman–Crippen LogP) is 4.06. The van der Waals surface area contributed by atoms with Crippen LogP contribution in [-0.4, -0.2) is 12.1 Å². The lowest BCUT2D eigenvalue weighted by Gasteiger charge is -2.09. The summed E-state index contributed by atoms with van der Waals surface area (Å²) in [5.41, 5.74) is 1.49. The van der Waals surface area contributed by atoms with E-state index in [1.54, 1.807) is 26.0 Å². The highest BCUT2D eigenvalue weighted by atomic mass is 19.1. The van der Waals surface area contributed by atoms with Gasteiger partial charge in [-0.05, 0) is 37.6 Å². The molecule has 0 aliphatic carbocycles. The Labute approximate surface area is 111 Å². The second-order valence-electron chi connectivity index (χ2n) is 4.51. The molecule has 0 aliphatic heterocycles. The number of benzene rings is 2. The van der Waals surface area contributed by atoms with Crippen LogP contribution in [0.3, 0.4) is 0 Å². The van der Waals surface area contributed by atoms with Gasteiger partial charge in [0.25, 0.3) is 0 Å². The molecule has 0 bridgehead atoms. The Morgan fingerprint density at radius 1 is 1.11 bits per heavy atom. The van der Waals surface area contributed by atoms with Crippen molar-refractivity contribution in [2.45, 2.75) is 20.0 Å². The van der Waals surface area contributed by atoms with Crippen molar-refractivity contribution in [1.82, 2.24) is 0 Å². The molecule has 0 aromatic heterocycles. The molecule has 0 atom stereocenters. The maximum atomic E-state index is 13.8. The van der Waals surface area contributed by atoms with Gasteiger partial charge in [-0.3, -0.25) is 0 Å². The Hall–Kier alpha value is -2.16. The number of esters is 1. The van der Waals surface area contributed by atoms with Crippen LogP contribution < -0.4 is 0 Å². The number of hydrogen-bond donors (Lipinski definition) is 0. The molecule has 19 heavy (non-hydrogen) atoms. The van der Waals surface area contributed by atoms with Gasteiger partial charge in [-0.15, -0.1) is 0 Å². The molecule has 98 valence electrons. The summed E-state index contributed by atoms with van der Waals surface area (Å²) in [6.07, 6.45) is -0.197. The molecule has 0 radical (unpaired) electrons. The molecule has 0 unspecified atom stereocenters. The lowest BCUT2D eigenvalue weighted by Crippen LogP contribution is -2.11. The minimum absolute atomic E-state index is 0.197. The minimum Gasteiger partial charge on any atom is -0.459 e. The Morgan fingerprint density at radius 2 is 1.79 bits per heavy atom. The van der Waals surface area contributed by atoms with E-state index in [9.17, 15) is 9.18 Å². The summed E-state index contributed by atoms with van der Waals surface area (Å²) in [4.78, 5) is 11.8. The molecule has 0 saturated heterocycles. The summed E-state index contributed by atoms with van der Waals surface area (Å²) < 4.78 is 18.9. The van der Waals surface area contributed by atoms with Crippen LogP contribution >= 0.6 is 0 Å². The van der Waals surface area contributed by atoms with Crippen LogP contribution in [0.25, 0.3) is 11.1 Å². The first-order valence-electron chi connectivity index (χ1n) is 6.14. The SMILES string of the molecule is CC(C)OC(=O)c1ccc(F)c(-c2ccccc2)c1. The van der Waals surface area contributed by atoms with Gasteiger partial charge >= 0.3 is 5.97 Å². The highest BCUT2D eigenvalue weighted by Crippen LogP contribution is 2.24. The largest absolute Gasteiger partial charge is 0.459 e. The molecule has 0 saturated carbocycles. The average Bonchev–Trinajstić information content (AvgIpc) is 2.39. The molecule has 3 heteroatoms. The zero-order valence-electron chi connectivity index (χ0n) is 10.9. The van der Waals surface area contributed by atoms with E-state index in [4.69, 9.17) is 4.74 Å². The van der Waals surface area contributed by atoms with Crippen molar-refractivity contribution >= 4 is 5.97 Å². The van der Waals surface area contributed by atoms with Crippen molar-refractivity contribution in [2.75, 3.05) is 0 Å². The number of hydrogen-bond acceptors (Lipinski definition) is 2. The third-order valence-corrected chi connectivity index (χ3v) is 2.63. The van der Waals surface area contributed by atoms with Crippen molar-refractivity contribution in [3.63, 3.8) is 0 Å². The summed E-state index contributed by atoms with van der Waals surface area (Å²) in [6, 6.07) is 13.4. The highest BCUT2D eigenvalue weighted by molar-refractivity contribution is 5.91. The molecular formula is C16H15FO2. The summed E-state index contributed by atoms with van der Waals surface area (Å²) in [6.45, 7) is 3.55. The van der Waals surface area contributed by atoms with Crippen molar-refractivity contribution in [1.29, 1.82) is 0 Å². The van der Waals surface area contributed by atoms with Gasteiger partial charge in [0.15, 0.2) is 0 Å². The maximum Gasteiger partial charge on any atom is 0.338 e. The first kappa shape index (κ1) is 13.3. The molecule has 0 N–H and O–H groups in total. The quantitative estimate of drug-likeness (QED) is 0.776. The van der Waals surface area contributed by atoms with Gasteiger partial charge < -0.3 is 4.74 Å². The monoisotopic (exact) mass is 258 g/mol. The fourth-order valence-corrected chi connectivity index (χ4v) is 1.77. The van der Waals surface area contributed by atoms with Gasteiger partial charge in [-0.1, -0.05) is 30.3 Å². The van der Waals surface area contributed by atoms with E-state index in [1.807, 2.05) is 18.2 Å². The van der Waals surface area contributed by atoms with Gasteiger partial charge in [0, 0.05) is 5.56 Å². The molecule has 2 rings (SSSR count). The zero-order valence-corrected chi connectivity index (χ0v) is 10.9. The second-order valence-corrected chi connectivity index (χ2v) is 4.51. The third kappa shape index (κ3) is 3.19. The minimum atomic E-state index is -0.438. The molecule has 2 aromatic rings. The van der Waals surface area contributed by atoms with Crippen LogP contribution in [0.1, 0.15) is 24.2 Å². The number of ether oxygens (including phenoxy) is 1. The van der Waals surface area contributed by atoms with E-state index >= 15 is 0 Å². The molecular weight excluding hydrogens is 243 g/mol. The summed E-state index contributed by atoms with van der Waals surface area (Å²) in [5.74, 6) is -0.792. The number of rotatable bonds is 3. The van der Waals surface area contributed by atoms with Gasteiger partial charge in [-0.25, -0.2) is 9.18 Å². The lowest BCUT2D eigenvalue weighted by molar-refractivity contribution is 0.0378. The van der Waals surface area contributed by atoms with Crippen LogP contribution in [0, 0.1) is 5.82 Å². The van der Waals surface area contributed by atoms with Crippen LogP contribution in [0.15, 0.2) is 48.5 Å². The molecule has 0 heterocycles. The smallest absolute Gasteiger partial charge is 0.338 e. The van der Waals surface area contributed by atoms with Crippen LogP contribution in [0.4, 0.5) is 4.39 Å². The maximum absolute atomic E-state index is 13.8. The van der Waals surface area contributed by atoms with E-state index < -0.39 is 5.97 Å². The normalized spacial score (nSPS) is 10.5. The molecule has 2 nitrogen and oxygen atoms in total. The molecule has 2 aromatic carbocycles. The van der Waals surface area contributed by atoms with Crippen molar-refractivity contribution in [3.8, 4) is 11.1 Å². The number of carbonyl (C=O) groups excluding carboxylic acids is 1. The van der Waals surface area contributed by atoms with Crippen LogP contribution in [0.2, 0.25) is 0 Å². The average molecular weight is 258 g/mol. The zero-order chi connectivity index (χ0) is 13.8.